The summed E-state index contributed by atoms with van der Waals surface area (Å²) in [5, 5.41) is 21.3. The Bertz CT molecular complexity index is 850. The average Bonchev–Trinajstić information content (AvgIpc) is 3.00. The van der Waals surface area contributed by atoms with Crippen LogP contribution < -0.4 is 4.74 Å². The molecule has 3 atom stereocenters. The van der Waals surface area contributed by atoms with Crippen molar-refractivity contribution < 1.29 is 19.7 Å². The van der Waals surface area contributed by atoms with Crippen LogP contribution in [0.1, 0.15) is 57.9 Å². The van der Waals surface area contributed by atoms with Gasteiger partial charge in [0.1, 0.15) is 12.4 Å². The molecule has 1 saturated heterocycles. The first-order chi connectivity index (χ1) is 14.6. The molecular weight excluding hydrogens is 414 g/mol. The normalized spacial score (nSPS) is 37.0. The molecule has 4 bridgehead atoms. The van der Waals surface area contributed by atoms with Crippen LogP contribution >= 0.6 is 11.6 Å². The zero-order valence-corrected chi connectivity index (χ0v) is 19.3. The summed E-state index contributed by atoms with van der Waals surface area (Å²) in [6.45, 7) is 4.42. The van der Waals surface area contributed by atoms with E-state index >= 15 is 0 Å². The molecule has 0 aromatic heterocycles. The van der Waals surface area contributed by atoms with Gasteiger partial charge in [-0.05, 0) is 94.2 Å². The van der Waals surface area contributed by atoms with Gasteiger partial charge in [0.15, 0.2) is 0 Å². The molecule has 4 saturated carbocycles. The number of aliphatic hydroxyl groups is 2. The molecule has 2 N–H and O–H groups in total. The van der Waals surface area contributed by atoms with Gasteiger partial charge in [-0.15, -0.1) is 0 Å². The third-order valence-corrected chi connectivity index (χ3v) is 8.34. The molecule has 5 nitrogen and oxygen atoms in total. The summed E-state index contributed by atoms with van der Waals surface area (Å²) in [6, 6.07) is 5.90. The predicted molar refractivity (Wildman–Crippen MR) is 119 cm³/mol. The molecule has 1 heterocycles. The Morgan fingerprint density at radius 1 is 1.23 bits per heavy atom. The van der Waals surface area contributed by atoms with E-state index in [9.17, 15) is 15.0 Å². The van der Waals surface area contributed by atoms with Gasteiger partial charge in [-0.1, -0.05) is 17.7 Å². The van der Waals surface area contributed by atoms with Crippen molar-refractivity contribution in [2.75, 3.05) is 13.2 Å². The summed E-state index contributed by atoms with van der Waals surface area (Å²) in [5.74, 6) is 2.46. The lowest BCUT2D eigenvalue weighted by molar-refractivity contribution is -0.168. The molecule has 0 radical (unpaired) electrons. The molecule has 5 aliphatic rings. The van der Waals surface area contributed by atoms with E-state index in [1.165, 1.54) is 12.8 Å². The van der Waals surface area contributed by atoms with E-state index in [0.29, 0.717) is 41.0 Å². The van der Waals surface area contributed by atoms with Crippen LogP contribution in [-0.4, -0.2) is 51.4 Å². The first-order valence-electron chi connectivity index (χ1n) is 11.8. The van der Waals surface area contributed by atoms with E-state index in [1.807, 2.05) is 12.1 Å². The molecule has 3 unspecified atom stereocenters. The van der Waals surface area contributed by atoms with Crippen LogP contribution in [-0.2, 0) is 11.2 Å². The summed E-state index contributed by atoms with van der Waals surface area (Å²) in [5.41, 5.74) is -0.396. The number of rotatable bonds is 6. The number of amides is 1. The smallest absolute Gasteiger partial charge is 0.226 e. The Balaban J connectivity index is 1.24. The second-order valence-electron chi connectivity index (χ2n) is 11.3. The van der Waals surface area contributed by atoms with Crippen LogP contribution in [0.15, 0.2) is 18.2 Å². The van der Waals surface area contributed by atoms with E-state index < -0.39 is 11.2 Å². The fraction of sp³-hybridized carbons (Fsp3) is 0.720. The molecule has 0 spiro atoms. The maximum absolute atomic E-state index is 13.4. The van der Waals surface area contributed by atoms with Gasteiger partial charge in [0.25, 0.3) is 0 Å². The summed E-state index contributed by atoms with van der Waals surface area (Å²) in [7, 11) is 0. The molecule has 31 heavy (non-hydrogen) atoms. The number of ether oxygens (including phenoxy) is 1. The van der Waals surface area contributed by atoms with Crippen molar-refractivity contribution in [2.45, 2.75) is 76.0 Å². The van der Waals surface area contributed by atoms with Crippen LogP contribution in [0.25, 0.3) is 0 Å². The zero-order chi connectivity index (χ0) is 22.0. The van der Waals surface area contributed by atoms with E-state index in [1.54, 1.807) is 19.9 Å². The summed E-state index contributed by atoms with van der Waals surface area (Å²) in [4.78, 5) is 15.5. The zero-order valence-electron chi connectivity index (χ0n) is 18.5. The minimum atomic E-state index is -0.904. The molecule has 6 rings (SSSR count). The van der Waals surface area contributed by atoms with Crippen molar-refractivity contribution in [2.24, 2.45) is 23.7 Å². The lowest BCUT2D eigenvalue weighted by Gasteiger charge is -2.59. The Morgan fingerprint density at radius 2 is 1.94 bits per heavy atom. The molecule has 170 valence electrons. The van der Waals surface area contributed by atoms with Gasteiger partial charge < -0.3 is 19.8 Å². The largest absolute Gasteiger partial charge is 0.491 e. The number of halogens is 1. The van der Waals surface area contributed by atoms with Crippen LogP contribution in [0, 0.1) is 23.7 Å². The monoisotopic (exact) mass is 447 g/mol. The minimum absolute atomic E-state index is 0.0269. The third-order valence-electron chi connectivity index (χ3n) is 7.98. The van der Waals surface area contributed by atoms with Gasteiger partial charge in [-0.2, -0.15) is 0 Å². The maximum atomic E-state index is 13.4. The second-order valence-corrected chi connectivity index (χ2v) is 11.7. The highest BCUT2D eigenvalue weighted by Gasteiger charge is 2.57. The first-order valence-corrected chi connectivity index (χ1v) is 12.1. The van der Waals surface area contributed by atoms with Gasteiger partial charge in [-0.25, -0.2) is 0 Å². The Hall–Kier alpha value is -1.30. The van der Waals surface area contributed by atoms with Gasteiger partial charge in [0, 0.05) is 23.5 Å². The van der Waals surface area contributed by atoms with Crippen LogP contribution in [0.2, 0.25) is 5.02 Å². The average molecular weight is 448 g/mol. The summed E-state index contributed by atoms with van der Waals surface area (Å²) in [6.07, 6.45) is 6.58. The van der Waals surface area contributed by atoms with Gasteiger partial charge in [0.05, 0.1) is 11.2 Å². The van der Waals surface area contributed by atoms with Crippen molar-refractivity contribution in [1.82, 2.24) is 4.90 Å². The molecule has 4 aliphatic carbocycles. The van der Waals surface area contributed by atoms with Crippen LogP contribution in [0.4, 0.5) is 0 Å². The second kappa shape index (κ2) is 7.64. The summed E-state index contributed by atoms with van der Waals surface area (Å²) >= 11 is 6.51. The standard InChI is InChI=1S/C25H34ClNO4/c1-24(2,29)14-31-20-4-3-16(21(26)10-20)9-17-5-6-27(23(17)28)22-18-7-15-8-19(22)13-25(30,11-15)12-18/h3-4,10,15,17-19,22,29-30H,5-9,11-14H2,1-2H3. The highest BCUT2D eigenvalue weighted by atomic mass is 35.5. The van der Waals surface area contributed by atoms with Crippen LogP contribution in [0.5, 0.6) is 5.75 Å². The number of nitrogens with zero attached hydrogens (tertiary/aromatic N) is 1. The van der Waals surface area contributed by atoms with Gasteiger partial charge in [0.2, 0.25) is 5.91 Å². The van der Waals surface area contributed by atoms with Gasteiger partial charge in [-0.3, -0.25) is 4.79 Å². The van der Waals surface area contributed by atoms with Crippen LogP contribution in [0.3, 0.4) is 0 Å². The van der Waals surface area contributed by atoms with E-state index in [-0.39, 0.29) is 18.4 Å². The van der Waals surface area contributed by atoms with E-state index in [0.717, 1.165) is 37.8 Å². The molecular formula is C25H34ClNO4. The number of carbonyl (C=O) groups excluding carboxylic acids is 1. The van der Waals surface area contributed by atoms with Crippen molar-refractivity contribution in [3.8, 4) is 5.75 Å². The van der Waals surface area contributed by atoms with Crippen molar-refractivity contribution in [3.05, 3.63) is 28.8 Å². The fourth-order valence-electron chi connectivity index (χ4n) is 7.02. The Kier molecular flexibility index (Phi) is 5.31. The third kappa shape index (κ3) is 4.21. The Labute approximate surface area is 189 Å². The molecule has 1 aromatic carbocycles. The number of benzene rings is 1. The first kappa shape index (κ1) is 21.5. The summed E-state index contributed by atoms with van der Waals surface area (Å²) < 4.78 is 5.63. The predicted octanol–water partition coefficient (Wildman–Crippen LogP) is 3.82. The fourth-order valence-corrected chi connectivity index (χ4v) is 7.27. The maximum Gasteiger partial charge on any atom is 0.226 e. The number of hydrogen-bond donors (Lipinski definition) is 2. The Morgan fingerprint density at radius 3 is 2.55 bits per heavy atom. The van der Waals surface area contributed by atoms with E-state index in [4.69, 9.17) is 16.3 Å². The number of hydrogen-bond acceptors (Lipinski definition) is 4. The molecule has 5 fully saturated rings. The van der Waals surface area contributed by atoms with E-state index in [2.05, 4.69) is 4.90 Å². The van der Waals surface area contributed by atoms with Crippen molar-refractivity contribution >= 4 is 17.5 Å². The SMILES string of the molecule is CC(C)(O)COc1ccc(CC2CCN(C3C4CC5CC3CC(O)(C5)C4)C2=O)c(Cl)c1. The molecule has 1 amide bonds. The quantitative estimate of drug-likeness (QED) is 0.695. The van der Waals surface area contributed by atoms with Crippen molar-refractivity contribution in [1.29, 1.82) is 0 Å². The lowest BCUT2D eigenvalue weighted by atomic mass is 9.52. The number of carbonyl (C=O) groups is 1. The number of likely N-dealkylation sites (tertiary alicyclic amines) is 1. The minimum Gasteiger partial charge on any atom is -0.491 e. The highest BCUT2D eigenvalue weighted by molar-refractivity contribution is 6.31. The van der Waals surface area contributed by atoms with Gasteiger partial charge >= 0.3 is 0 Å². The lowest BCUT2D eigenvalue weighted by Crippen LogP contribution is -2.62. The highest BCUT2D eigenvalue weighted by Crippen LogP contribution is 2.57. The molecule has 1 aromatic rings. The topological polar surface area (TPSA) is 70.0 Å². The van der Waals surface area contributed by atoms with Crippen molar-refractivity contribution in [3.63, 3.8) is 0 Å². The molecule has 1 aliphatic heterocycles. The molecule has 6 heteroatoms.